The Morgan fingerprint density at radius 3 is 2.95 bits per heavy atom. The number of benzene rings is 1. The molecule has 0 N–H and O–H groups in total. The molecule has 1 aromatic carbocycles. The lowest BCUT2D eigenvalue weighted by atomic mass is 10.1. The Bertz CT molecular complexity index is 606. The zero-order valence-corrected chi connectivity index (χ0v) is 13.0. The maximum absolute atomic E-state index is 12.9. The van der Waals surface area contributed by atoms with E-state index in [1.807, 2.05) is 4.90 Å². The molecule has 0 radical (unpaired) electrons. The summed E-state index contributed by atoms with van der Waals surface area (Å²) >= 11 is 6.24. The van der Waals surface area contributed by atoms with Crippen LogP contribution in [0.4, 0.5) is 0 Å². The Hall–Kier alpha value is -1.46. The first-order valence-corrected chi connectivity index (χ1v) is 8.13. The lowest BCUT2D eigenvalue weighted by Gasteiger charge is -2.37. The number of amides is 1. The van der Waals surface area contributed by atoms with Crippen molar-refractivity contribution < 1.29 is 19.0 Å². The van der Waals surface area contributed by atoms with Crippen LogP contribution in [-0.2, 0) is 4.74 Å². The summed E-state index contributed by atoms with van der Waals surface area (Å²) in [6.45, 7) is 2.19. The van der Waals surface area contributed by atoms with Crippen molar-refractivity contribution in [3.63, 3.8) is 0 Å². The van der Waals surface area contributed by atoms with Crippen LogP contribution in [-0.4, -0.2) is 49.3 Å². The molecule has 1 saturated heterocycles. The van der Waals surface area contributed by atoms with E-state index in [1.165, 1.54) is 0 Å². The van der Waals surface area contributed by atoms with Gasteiger partial charge in [0.05, 0.1) is 23.8 Å². The second-order valence-corrected chi connectivity index (χ2v) is 6.30. The third-order valence-electron chi connectivity index (χ3n) is 4.59. The Morgan fingerprint density at radius 2 is 2.05 bits per heavy atom. The van der Waals surface area contributed by atoms with Crippen LogP contribution >= 0.6 is 11.6 Å². The molecule has 3 aliphatic rings. The van der Waals surface area contributed by atoms with Gasteiger partial charge in [-0.2, -0.15) is 0 Å². The Kier molecular flexibility index (Phi) is 3.62. The summed E-state index contributed by atoms with van der Waals surface area (Å²) in [6.07, 6.45) is 3.34. The average molecular weight is 324 g/mol. The quantitative estimate of drug-likeness (QED) is 0.796. The van der Waals surface area contributed by atoms with E-state index in [4.69, 9.17) is 25.8 Å². The van der Waals surface area contributed by atoms with Gasteiger partial charge >= 0.3 is 0 Å². The van der Waals surface area contributed by atoms with Crippen molar-refractivity contribution in [1.82, 2.24) is 4.90 Å². The van der Waals surface area contributed by atoms with Gasteiger partial charge in [0.1, 0.15) is 13.2 Å². The molecule has 2 aliphatic heterocycles. The Labute approximate surface area is 134 Å². The van der Waals surface area contributed by atoms with Crippen LogP contribution in [0.1, 0.15) is 29.6 Å². The summed E-state index contributed by atoms with van der Waals surface area (Å²) in [6, 6.07) is 3.60. The summed E-state index contributed by atoms with van der Waals surface area (Å²) in [5.74, 6) is 1.09. The molecule has 0 unspecified atom stereocenters. The van der Waals surface area contributed by atoms with E-state index < -0.39 is 0 Å². The van der Waals surface area contributed by atoms with Crippen molar-refractivity contribution in [3.8, 4) is 11.5 Å². The smallest absolute Gasteiger partial charge is 0.254 e. The average Bonchev–Trinajstić information content (AvgIpc) is 3.02. The third kappa shape index (κ3) is 2.32. The Morgan fingerprint density at radius 1 is 1.18 bits per heavy atom. The predicted octanol–water partition coefficient (Wildman–Crippen LogP) is 2.50. The molecule has 2 atom stereocenters. The van der Waals surface area contributed by atoms with Crippen molar-refractivity contribution >= 4 is 17.5 Å². The van der Waals surface area contributed by atoms with Crippen LogP contribution < -0.4 is 9.47 Å². The van der Waals surface area contributed by atoms with Gasteiger partial charge in [-0.15, -0.1) is 0 Å². The van der Waals surface area contributed by atoms with Crippen LogP contribution in [0.25, 0.3) is 0 Å². The van der Waals surface area contributed by atoms with Gasteiger partial charge in [0.2, 0.25) is 0 Å². The van der Waals surface area contributed by atoms with Crippen molar-refractivity contribution in [1.29, 1.82) is 0 Å². The van der Waals surface area contributed by atoms with Crippen LogP contribution in [0.15, 0.2) is 12.1 Å². The fraction of sp³-hybridized carbons (Fsp3) is 0.562. The molecule has 5 nitrogen and oxygen atoms in total. The van der Waals surface area contributed by atoms with E-state index in [9.17, 15) is 4.79 Å². The highest BCUT2D eigenvalue weighted by atomic mass is 35.5. The van der Waals surface area contributed by atoms with Gasteiger partial charge in [0, 0.05) is 12.1 Å². The number of hydrogen-bond acceptors (Lipinski definition) is 4. The van der Waals surface area contributed by atoms with Crippen molar-refractivity contribution in [3.05, 3.63) is 22.7 Å². The minimum Gasteiger partial charge on any atom is -0.486 e. The number of halogens is 1. The van der Waals surface area contributed by atoms with E-state index in [0.29, 0.717) is 48.5 Å². The number of nitrogens with zero attached hydrogens (tertiary/aromatic N) is 1. The molecular weight excluding hydrogens is 306 g/mol. The molecule has 118 valence electrons. The van der Waals surface area contributed by atoms with Crippen molar-refractivity contribution in [2.75, 3.05) is 26.4 Å². The normalized spacial score (nSPS) is 26.7. The van der Waals surface area contributed by atoms with Gasteiger partial charge in [0.15, 0.2) is 11.5 Å². The van der Waals surface area contributed by atoms with E-state index in [0.717, 1.165) is 19.3 Å². The zero-order chi connectivity index (χ0) is 15.1. The second-order valence-electron chi connectivity index (χ2n) is 5.89. The molecule has 0 spiro atoms. The number of ether oxygens (including phenoxy) is 3. The van der Waals surface area contributed by atoms with Gasteiger partial charge in [-0.1, -0.05) is 11.6 Å². The number of carbonyl (C=O) groups excluding carboxylic acids is 1. The maximum Gasteiger partial charge on any atom is 0.254 e. The van der Waals surface area contributed by atoms with E-state index >= 15 is 0 Å². The molecule has 1 amide bonds. The van der Waals surface area contributed by atoms with Crippen LogP contribution in [0.5, 0.6) is 11.5 Å². The van der Waals surface area contributed by atoms with Crippen LogP contribution in [0.2, 0.25) is 5.02 Å². The fourth-order valence-electron chi connectivity index (χ4n) is 3.58. The molecule has 0 bridgehead atoms. The minimum atomic E-state index is -0.000858. The minimum absolute atomic E-state index is 0.000858. The number of morpholine rings is 1. The standard InChI is InChI=1S/C16H18ClNO4/c17-11-8-10(9-14-15(11)22-7-6-21-14)16(19)18-4-5-20-13-3-1-2-12(13)18/h8-9,12-13H,1-7H2/t12-,13+/m1/s1. The second kappa shape index (κ2) is 5.63. The third-order valence-corrected chi connectivity index (χ3v) is 4.87. The number of rotatable bonds is 1. The summed E-state index contributed by atoms with van der Waals surface area (Å²) in [5.41, 5.74) is 0.557. The summed E-state index contributed by atoms with van der Waals surface area (Å²) in [4.78, 5) is 14.8. The summed E-state index contributed by atoms with van der Waals surface area (Å²) < 4.78 is 16.8. The molecular formula is C16H18ClNO4. The highest BCUT2D eigenvalue weighted by molar-refractivity contribution is 6.32. The zero-order valence-electron chi connectivity index (χ0n) is 12.2. The molecule has 1 aliphatic carbocycles. The number of hydrogen-bond donors (Lipinski definition) is 0. The van der Waals surface area contributed by atoms with Gasteiger partial charge in [-0.3, -0.25) is 4.79 Å². The number of carbonyl (C=O) groups is 1. The van der Waals surface area contributed by atoms with Gasteiger partial charge in [-0.25, -0.2) is 0 Å². The molecule has 6 heteroatoms. The molecule has 4 rings (SSSR count). The fourth-order valence-corrected chi connectivity index (χ4v) is 3.84. The summed E-state index contributed by atoms with van der Waals surface area (Å²) in [5, 5.41) is 0.428. The monoisotopic (exact) mass is 323 g/mol. The first-order chi connectivity index (χ1) is 10.7. The van der Waals surface area contributed by atoms with Gasteiger partial charge < -0.3 is 19.1 Å². The highest BCUT2D eigenvalue weighted by Crippen LogP contribution is 2.39. The van der Waals surface area contributed by atoms with Gasteiger partial charge in [-0.05, 0) is 31.4 Å². The maximum atomic E-state index is 12.9. The van der Waals surface area contributed by atoms with E-state index in [1.54, 1.807) is 12.1 Å². The molecule has 2 fully saturated rings. The lowest BCUT2D eigenvalue weighted by Crippen LogP contribution is -2.51. The molecule has 1 aromatic rings. The topological polar surface area (TPSA) is 48.0 Å². The van der Waals surface area contributed by atoms with Crippen molar-refractivity contribution in [2.24, 2.45) is 0 Å². The van der Waals surface area contributed by atoms with E-state index in [2.05, 4.69) is 0 Å². The number of fused-ring (bicyclic) bond motifs is 2. The van der Waals surface area contributed by atoms with Crippen LogP contribution in [0.3, 0.4) is 0 Å². The lowest BCUT2D eigenvalue weighted by molar-refractivity contribution is -0.0445. The Balaban J connectivity index is 1.63. The molecule has 2 heterocycles. The van der Waals surface area contributed by atoms with Gasteiger partial charge in [0.25, 0.3) is 5.91 Å². The predicted molar refractivity (Wildman–Crippen MR) is 80.9 cm³/mol. The SMILES string of the molecule is O=C(c1cc(Cl)c2c(c1)OCCO2)N1CCO[C@H]2CCC[C@H]21. The first-order valence-electron chi connectivity index (χ1n) is 7.76. The summed E-state index contributed by atoms with van der Waals surface area (Å²) in [7, 11) is 0. The molecule has 1 saturated carbocycles. The highest BCUT2D eigenvalue weighted by Gasteiger charge is 2.39. The first kappa shape index (κ1) is 14.2. The van der Waals surface area contributed by atoms with Crippen molar-refractivity contribution in [2.45, 2.75) is 31.4 Å². The van der Waals surface area contributed by atoms with E-state index in [-0.39, 0.29) is 18.1 Å². The van der Waals surface area contributed by atoms with Crippen LogP contribution in [0, 0.1) is 0 Å². The largest absolute Gasteiger partial charge is 0.486 e. The molecule has 0 aromatic heterocycles. The molecule has 22 heavy (non-hydrogen) atoms.